The lowest BCUT2D eigenvalue weighted by Gasteiger charge is -2.48. The van der Waals surface area contributed by atoms with Gasteiger partial charge in [0.25, 0.3) is 5.91 Å². The zero-order chi connectivity index (χ0) is 20.7. The van der Waals surface area contributed by atoms with Crippen LogP contribution in [0.1, 0.15) is 80.0 Å². The highest BCUT2D eigenvalue weighted by Crippen LogP contribution is 2.40. The first-order chi connectivity index (χ1) is 14.5. The Labute approximate surface area is 178 Å². The Kier molecular flexibility index (Phi) is 5.62. The number of hydrogen-bond donors (Lipinski definition) is 2. The van der Waals surface area contributed by atoms with Gasteiger partial charge in [-0.05, 0) is 70.4 Å². The molecule has 3 saturated heterocycles. The molecule has 1 saturated carbocycles. The normalized spacial score (nSPS) is 32.7. The minimum atomic E-state index is -3.29. The monoisotopic (exact) mass is 436 g/mol. The molecule has 2 bridgehead atoms. The fraction of sp³-hybridized carbons (Fsp3) is 0.810. The molecule has 3 aliphatic heterocycles. The first-order valence-electron chi connectivity index (χ1n) is 11.5. The SMILES string of the molecule is O=C(NC1CC2CCCC(C1)N2S(=O)(=O)CC1CCCNC1)c1cc(C2CC2)on1. The molecule has 3 unspecified atom stereocenters. The second kappa shape index (κ2) is 8.24. The Morgan fingerprint density at radius 2 is 1.93 bits per heavy atom. The summed E-state index contributed by atoms with van der Waals surface area (Å²) in [7, 11) is -3.29. The number of fused-ring (bicyclic) bond motifs is 2. The van der Waals surface area contributed by atoms with Gasteiger partial charge in [0.05, 0.1) is 5.75 Å². The fourth-order valence-electron chi connectivity index (χ4n) is 5.58. The molecular formula is C21H32N4O4S. The van der Waals surface area contributed by atoms with Crippen molar-refractivity contribution in [3.8, 4) is 0 Å². The average Bonchev–Trinajstić information content (AvgIpc) is 3.44. The number of rotatable bonds is 6. The Bertz CT molecular complexity index is 861. The second-order valence-electron chi connectivity index (χ2n) is 9.59. The van der Waals surface area contributed by atoms with Gasteiger partial charge in [-0.3, -0.25) is 4.79 Å². The van der Waals surface area contributed by atoms with Crippen molar-refractivity contribution in [2.24, 2.45) is 5.92 Å². The lowest BCUT2D eigenvalue weighted by Crippen LogP contribution is -2.59. The van der Waals surface area contributed by atoms with Gasteiger partial charge in [-0.2, -0.15) is 4.31 Å². The number of amides is 1. The first-order valence-corrected chi connectivity index (χ1v) is 13.1. The lowest BCUT2D eigenvalue weighted by atomic mass is 9.84. The van der Waals surface area contributed by atoms with Crippen molar-refractivity contribution in [3.05, 3.63) is 17.5 Å². The van der Waals surface area contributed by atoms with Crippen molar-refractivity contribution in [1.29, 1.82) is 0 Å². The molecule has 4 aliphatic rings. The zero-order valence-electron chi connectivity index (χ0n) is 17.4. The van der Waals surface area contributed by atoms with E-state index in [1.807, 2.05) is 4.31 Å². The van der Waals surface area contributed by atoms with E-state index in [1.54, 1.807) is 6.07 Å². The summed E-state index contributed by atoms with van der Waals surface area (Å²) >= 11 is 0. The molecule has 4 fully saturated rings. The van der Waals surface area contributed by atoms with Crippen LogP contribution in [0.15, 0.2) is 10.6 Å². The van der Waals surface area contributed by atoms with Gasteiger partial charge >= 0.3 is 0 Å². The standard InChI is InChI=1S/C21H32N4O4S/c26-21(19-11-20(29-24-19)15-6-7-15)23-16-9-17-4-1-5-18(10-16)25(17)30(27,28)13-14-3-2-8-22-12-14/h11,14-18,22H,1-10,12-13H2,(H,23,26). The van der Waals surface area contributed by atoms with Crippen LogP contribution in [0, 0.1) is 5.92 Å². The predicted octanol–water partition coefficient (Wildman–Crippen LogP) is 2.00. The topological polar surface area (TPSA) is 105 Å². The number of carbonyl (C=O) groups excluding carboxylic acids is 1. The van der Waals surface area contributed by atoms with Crippen LogP contribution in [0.2, 0.25) is 0 Å². The number of hydrogen-bond acceptors (Lipinski definition) is 6. The number of piperidine rings is 3. The van der Waals surface area contributed by atoms with Crippen LogP contribution in [0.5, 0.6) is 0 Å². The molecule has 8 nitrogen and oxygen atoms in total. The second-order valence-corrected chi connectivity index (χ2v) is 11.5. The molecule has 4 heterocycles. The number of nitrogens with zero attached hydrogens (tertiary/aromatic N) is 2. The molecule has 0 spiro atoms. The smallest absolute Gasteiger partial charge is 0.273 e. The van der Waals surface area contributed by atoms with Gasteiger partial charge in [0, 0.05) is 30.1 Å². The molecule has 30 heavy (non-hydrogen) atoms. The van der Waals surface area contributed by atoms with Crippen LogP contribution in [0.4, 0.5) is 0 Å². The van der Waals surface area contributed by atoms with E-state index in [0.29, 0.717) is 24.5 Å². The van der Waals surface area contributed by atoms with Crippen molar-refractivity contribution in [1.82, 2.24) is 20.1 Å². The Morgan fingerprint density at radius 3 is 2.60 bits per heavy atom. The fourth-order valence-corrected chi connectivity index (χ4v) is 7.92. The molecule has 1 amide bonds. The molecule has 9 heteroatoms. The van der Waals surface area contributed by atoms with Crippen molar-refractivity contribution in [2.45, 2.75) is 81.8 Å². The summed E-state index contributed by atoms with van der Waals surface area (Å²) in [5.41, 5.74) is 0.335. The maximum atomic E-state index is 13.3. The number of nitrogens with one attached hydrogen (secondary N) is 2. The highest BCUT2D eigenvalue weighted by Gasteiger charge is 2.45. The summed E-state index contributed by atoms with van der Waals surface area (Å²) in [6.45, 7) is 1.78. The average molecular weight is 437 g/mol. The van der Waals surface area contributed by atoms with Crippen LogP contribution in [0.3, 0.4) is 0 Å². The lowest BCUT2D eigenvalue weighted by molar-refractivity contribution is 0.0788. The molecular weight excluding hydrogens is 404 g/mol. The molecule has 1 aliphatic carbocycles. The number of aromatic nitrogens is 1. The van der Waals surface area contributed by atoms with Crippen LogP contribution >= 0.6 is 0 Å². The molecule has 1 aromatic rings. The Morgan fingerprint density at radius 1 is 1.17 bits per heavy atom. The highest BCUT2D eigenvalue weighted by atomic mass is 32.2. The van der Waals surface area contributed by atoms with Gasteiger partial charge in [0.1, 0.15) is 5.76 Å². The van der Waals surface area contributed by atoms with Gasteiger partial charge < -0.3 is 15.2 Å². The molecule has 5 rings (SSSR count). The third-order valence-corrected chi connectivity index (χ3v) is 9.28. The predicted molar refractivity (Wildman–Crippen MR) is 112 cm³/mol. The summed E-state index contributed by atoms with van der Waals surface area (Å²) < 4.78 is 33.7. The minimum absolute atomic E-state index is 0.0105. The number of sulfonamides is 1. The quantitative estimate of drug-likeness (QED) is 0.707. The molecule has 3 atom stereocenters. The third kappa shape index (κ3) is 4.29. The summed E-state index contributed by atoms with van der Waals surface area (Å²) in [6.07, 6.45) is 8.39. The van der Waals surface area contributed by atoms with Gasteiger partial charge in [0.15, 0.2) is 5.69 Å². The molecule has 166 valence electrons. The van der Waals surface area contributed by atoms with Gasteiger partial charge in [-0.25, -0.2) is 8.42 Å². The van der Waals surface area contributed by atoms with E-state index in [9.17, 15) is 13.2 Å². The zero-order valence-corrected chi connectivity index (χ0v) is 18.2. The van der Waals surface area contributed by atoms with Gasteiger partial charge in [-0.1, -0.05) is 11.6 Å². The van der Waals surface area contributed by atoms with Crippen LogP contribution in [-0.2, 0) is 10.0 Å². The van der Waals surface area contributed by atoms with Crippen LogP contribution in [-0.4, -0.2) is 60.8 Å². The van der Waals surface area contributed by atoms with E-state index in [4.69, 9.17) is 4.52 Å². The first kappa shape index (κ1) is 20.5. The summed E-state index contributed by atoms with van der Waals surface area (Å²) in [5.74, 6) is 1.46. The van der Waals surface area contributed by atoms with Crippen LogP contribution < -0.4 is 10.6 Å². The number of carbonyl (C=O) groups is 1. The summed E-state index contributed by atoms with van der Waals surface area (Å²) in [4.78, 5) is 12.7. The van der Waals surface area contributed by atoms with Crippen molar-refractivity contribution in [3.63, 3.8) is 0 Å². The van der Waals surface area contributed by atoms with Gasteiger partial charge in [0.2, 0.25) is 10.0 Å². The van der Waals surface area contributed by atoms with Crippen LogP contribution in [0.25, 0.3) is 0 Å². The van der Waals surface area contributed by atoms with E-state index in [0.717, 1.165) is 63.8 Å². The van der Waals surface area contributed by atoms with E-state index in [2.05, 4.69) is 15.8 Å². The molecule has 0 aromatic carbocycles. The van der Waals surface area contributed by atoms with E-state index in [-0.39, 0.29) is 35.7 Å². The van der Waals surface area contributed by atoms with E-state index < -0.39 is 10.0 Å². The maximum absolute atomic E-state index is 13.3. The molecule has 2 N–H and O–H groups in total. The van der Waals surface area contributed by atoms with Crippen molar-refractivity contribution < 1.29 is 17.7 Å². The van der Waals surface area contributed by atoms with Gasteiger partial charge in [-0.15, -0.1) is 0 Å². The third-order valence-electron chi connectivity index (χ3n) is 7.15. The van der Waals surface area contributed by atoms with E-state index in [1.165, 1.54) is 0 Å². The summed E-state index contributed by atoms with van der Waals surface area (Å²) in [6, 6.07) is 1.72. The highest BCUT2D eigenvalue weighted by molar-refractivity contribution is 7.89. The Balaban J connectivity index is 1.23. The summed E-state index contributed by atoms with van der Waals surface area (Å²) in [5, 5.41) is 10.4. The van der Waals surface area contributed by atoms with Crippen molar-refractivity contribution in [2.75, 3.05) is 18.8 Å². The molecule has 1 aromatic heterocycles. The maximum Gasteiger partial charge on any atom is 0.273 e. The van der Waals surface area contributed by atoms with Crippen molar-refractivity contribution >= 4 is 15.9 Å². The minimum Gasteiger partial charge on any atom is -0.360 e. The Hall–Kier alpha value is -1.45. The largest absolute Gasteiger partial charge is 0.360 e. The molecule has 0 radical (unpaired) electrons. The van der Waals surface area contributed by atoms with E-state index >= 15 is 0 Å².